The van der Waals surface area contributed by atoms with Crippen LogP contribution in [0.5, 0.6) is 0 Å². The van der Waals surface area contributed by atoms with Crippen LogP contribution in [0.25, 0.3) is 0 Å². The summed E-state index contributed by atoms with van der Waals surface area (Å²) in [6.07, 6.45) is 8.69. The van der Waals surface area contributed by atoms with Crippen LogP contribution < -0.4 is 5.32 Å². The van der Waals surface area contributed by atoms with Gasteiger partial charge in [-0.2, -0.15) is 0 Å². The summed E-state index contributed by atoms with van der Waals surface area (Å²) in [6, 6.07) is 5.31. The molecule has 4 nitrogen and oxygen atoms in total. The predicted octanol–water partition coefficient (Wildman–Crippen LogP) is 2.64. The maximum Gasteiger partial charge on any atom is 0.326 e. The van der Waals surface area contributed by atoms with Gasteiger partial charge >= 0.3 is 5.97 Å². The Morgan fingerprint density at radius 3 is 2.68 bits per heavy atom. The Kier molecular flexibility index (Phi) is 5.75. The minimum Gasteiger partial charge on any atom is -0.480 e. The number of carboxylic acid groups (broad SMARTS) is 1. The first-order valence-electron chi connectivity index (χ1n) is 7.84. The summed E-state index contributed by atoms with van der Waals surface area (Å²) in [5.41, 5.74) is 3.67. The number of hydrogen-bond donors (Lipinski definition) is 2. The van der Waals surface area contributed by atoms with E-state index in [1.807, 2.05) is 13.0 Å². The number of nitrogens with one attached hydrogen (secondary N) is 1. The fourth-order valence-electron chi connectivity index (χ4n) is 2.82. The Morgan fingerprint density at radius 2 is 2.00 bits per heavy atom. The molecule has 0 aromatic heterocycles. The fraction of sp³-hybridized carbons (Fsp3) is 0.444. The van der Waals surface area contributed by atoms with Gasteiger partial charge in [0.1, 0.15) is 6.04 Å². The molecule has 0 fully saturated rings. The highest BCUT2D eigenvalue weighted by Gasteiger charge is 2.19. The van der Waals surface area contributed by atoms with Gasteiger partial charge in [0.25, 0.3) is 0 Å². The zero-order valence-electron chi connectivity index (χ0n) is 13.0. The summed E-state index contributed by atoms with van der Waals surface area (Å²) in [6.45, 7) is 1.83. The highest BCUT2D eigenvalue weighted by molar-refractivity contribution is 5.85. The van der Waals surface area contributed by atoms with E-state index >= 15 is 0 Å². The number of aliphatic carboxylic acids is 1. The number of fused-ring (bicyclic) bond motifs is 1. The summed E-state index contributed by atoms with van der Waals surface area (Å²) in [5, 5.41) is 11.7. The lowest BCUT2D eigenvalue weighted by Crippen LogP contribution is -2.41. The van der Waals surface area contributed by atoms with Gasteiger partial charge in [0.05, 0.1) is 6.42 Å². The molecule has 0 aliphatic heterocycles. The molecule has 0 spiro atoms. The number of benzene rings is 1. The number of allylic oxidation sites excluding steroid dienone is 1. The second-order valence-electron chi connectivity index (χ2n) is 5.75. The van der Waals surface area contributed by atoms with Crippen LogP contribution in [-0.4, -0.2) is 23.0 Å². The van der Waals surface area contributed by atoms with E-state index in [0.717, 1.165) is 18.4 Å². The van der Waals surface area contributed by atoms with Gasteiger partial charge in [0.15, 0.2) is 0 Å². The molecule has 0 bridgehead atoms. The van der Waals surface area contributed by atoms with Crippen molar-refractivity contribution < 1.29 is 14.7 Å². The number of aryl methyl sites for hydroxylation is 2. The summed E-state index contributed by atoms with van der Waals surface area (Å²) >= 11 is 0. The maximum atomic E-state index is 12.1. The van der Waals surface area contributed by atoms with Gasteiger partial charge in [0.2, 0.25) is 5.91 Å². The van der Waals surface area contributed by atoms with E-state index in [-0.39, 0.29) is 12.3 Å². The highest BCUT2D eigenvalue weighted by atomic mass is 16.4. The standard InChI is InChI=1S/C18H23NO3/c1-2-3-8-16(18(21)22)19-17(20)12-13-9-10-14-6-4-5-7-15(14)11-13/h2-3,9-11,16H,4-8,12H2,1H3,(H,19,20)(H,21,22)/b3-2+. The number of carboxylic acids is 1. The number of amides is 1. The largest absolute Gasteiger partial charge is 0.480 e. The van der Waals surface area contributed by atoms with Crippen molar-refractivity contribution >= 4 is 11.9 Å². The molecule has 0 saturated carbocycles. The van der Waals surface area contributed by atoms with Crippen molar-refractivity contribution in [2.24, 2.45) is 0 Å². The van der Waals surface area contributed by atoms with Gasteiger partial charge < -0.3 is 10.4 Å². The molecule has 1 atom stereocenters. The third kappa shape index (κ3) is 4.45. The molecular formula is C18H23NO3. The molecular weight excluding hydrogens is 278 g/mol. The summed E-state index contributed by atoms with van der Waals surface area (Å²) < 4.78 is 0. The molecule has 118 valence electrons. The zero-order valence-corrected chi connectivity index (χ0v) is 13.0. The first kappa shape index (κ1) is 16.3. The lowest BCUT2D eigenvalue weighted by atomic mass is 9.90. The van der Waals surface area contributed by atoms with Crippen LogP contribution in [0.2, 0.25) is 0 Å². The average molecular weight is 301 g/mol. The third-order valence-corrected chi connectivity index (χ3v) is 4.02. The molecule has 22 heavy (non-hydrogen) atoms. The van der Waals surface area contributed by atoms with Crippen LogP contribution in [0.3, 0.4) is 0 Å². The lowest BCUT2D eigenvalue weighted by Gasteiger charge is -2.17. The van der Waals surface area contributed by atoms with Crippen molar-refractivity contribution in [2.75, 3.05) is 0 Å². The van der Waals surface area contributed by atoms with Crippen LogP contribution in [0, 0.1) is 0 Å². The Hall–Kier alpha value is -2.10. The summed E-state index contributed by atoms with van der Waals surface area (Å²) in [7, 11) is 0. The molecule has 2 N–H and O–H groups in total. The molecule has 1 aromatic carbocycles. The number of rotatable bonds is 6. The lowest BCUT2D eigenvalue weighted by molar-refractivity contribution is -0.141. The van der Waals surface area contributed by atoms with Crippen LogP contribution in [0.4, 0.5) is 0 Å². The van der Waals surface area contributed by atoms with E-state index in [2.05, 4.69) is 17.4 Å². The van der Waals surface area contributed by atoms with Gasteiger partial charge in [-0.25, -0.2) is 4.79 Å². The molecule has 0 radical (unpaired) electrons. The molecule has 1 unspecified atom stereocenters. The first-order chi connectivity index (χ1) is 10.6. The van der Waals surface area contributed by atoms with E-state index in [1.54, 1.807) is 12.2 Å². The quantitative estimate of drug-likeness (QED) is 0.794. The molecule has 1 aliphatic rings. The Bertz CT molecular complexity index is 578. The van der Waals surface area contributed by atoms with Crippen LogP contribution >= 0.6 is 0 Å². The molecule has 0 heterocycles. The van der Waals surface area contributed by atoms with Gasteiger partial charge in [-0.3, -0.25) is 4.79 Å². The van der Waals surface area contributed by atoms with Gasteiger partial charge in [-0.15, -0.1) is 0 Å². The highest BCUT2D eigenvalue weighted by Crippen LogP contribution is 2.22. The SMILES string of the molecule is C/C=C/CC(NC(=O)Cc1ccc2c(c1)CCCC2)C(=O)O. The maximum absolute atomic E-state index is 12.1. The van der Waals surface area contributed by atoms with Gasteiger partial charge in [-0.05, 0) is 55.7 Å². The summed E-state index contributed by atoms with van der Waals surface area (Å²) in [4.78, 5) is 23.2. The number of hydrogen-bond acceptors (Lipinski definition) is 2. The van der Waals surface area contributed by atoms with Crippen molar-refractivity contribution in [3.63, 3.8) is 0 Å². The summed E-state index contributed by atoms with van der Waals surface area (Å²) in [5.74, 6) is -1.25. The molecule has 2 rings (SSSR count). The first-order valence-corrected chi connectivity index (χ1v) is 7.84. The van der Waals surface area contributed by atoms with Crippen LogP contribution in [0.1, 0.15) is 42.9 Å². The predicted molar refractivity (Wildman–Crippen MR) is 85.8 cm³/mol. The van der Waals surface area contributed by atoms with E-state index < -0.39 is 12.0 Å². The van der Waals surface area contributed by atoms with Crippen LogP contribution in [0.15, 0.2) is 30.4 Å². The average Bonchev–Trinajstić information content (AvgIpc) is 2.51. The molecule has 1 aromatic rings. The normalized spacial score (nSPS) is 15.3. The van der Waals surface area contributed by atoms with E-state index in [0.29, 0.717) is 6.42 Å². The van der Waals surface area contributed by atoms with E-state index in [1.165, 1.54) is 24.0 Å². The molecule has 0 saturated heterocycles. The Labute approximate surface area is 131 Å². The topological polar surface area (TPSA) is 66.4 Å². The van der Waals surface area contributed by atoms with Crippen molar-refractivity contribution in [1.29, 1.82) is 0 Å². The Morgan fingerprint density at radius 1 is 1.27 bits per heavy atom. The monoisotopic (exact) mass is 301 g/mol. The Balaban J connectivity index is 1.97. The van der Waals surface area contributed by atoms with Crippen molar-refractivity contribution in [2.45, 2.75) is 51.5 Å². The zero-order chi connectivity index (χ0) is 15.9. The number of carbonyl (C=O) groups excluding carboxylic acids is 1. The minimum absolute atomic E-state index is 0.229. The fourth-order valence-corrected chi connectivity index (χ4v) is 2.82. The smallest absolute Gasteiger partial charge is 0.326 e. The molecule has 1 amide bonds. The van der Waals surface area contributed by atoms with E-state index in [4.69, 9.17) is 5.11 Å². The second-order valence-corrected chi connectivity index (χ2v) is 5.75. The minimum atomic E-state index is -1.00. The third-order valence-electron chi connectivity index (χ3n) is 4.02. The van der Waals surface area contributed by atoms with Crippen molar-refractivity contribution in [1.82, 2.24) is 5.32 Å². The van der Waals surface area contributed by atoms with Crippen molar-refractivity contribution in [3.8, 4) is 0 Å². The van der Waals surface area contributed by atoms with E-state index in [9.17, 15) is 9.59 Å². The van der Waals surface area contributed by atoms with Gasteiger partial charge in [-0.1, -0.05) is 30.4 Å². The second kappa shape index (κ2) is 7.78. The van der Waals surface area contributed by atoms with Crippen LogP contribution in [-0.2, 0) is 28.9 Å². The number of carbonyl (C=O) groups is 2. The molecule has 1 aliphatic carbocycles. The van der Waals surface area contributed by atoms with Gasteiger partial charge in [0, 0.05) is 0 Å². The molecule has 4 heteroatoms. The van der Waals surface area contributed by atoms with Crippen molar-refractivity contribution in [3.05, 3.63) is 47.0 Å².